The van der Waals surface area contributed by atoms with Crippen LogP contribution in [0, 0.1) is 0 Å². The third-order valence-electron chi connectivity index (χ3n) is 3.38. The number of H-pyrrole nitrogens is 1. The van der Waals surface area contributed by atoms with Gasteiger partial charge in [-0.3, -0.25) is 4.79 Å². The summed E-state index contributed by atoms with van der Waals surface area (Å²) in [6.07, 6.45) is -3.47. The number of aromatic nitrogens is 2. The summed E-state index contributed by atoms with van der Waals surface area (Å²) in [5.41, 5.74) is 7.26. The van der Waals surface area contributed by atoms with Gasteiger partial charge in [0.15, 0.2) is 6.23 Å². The van der Waals surface area contributed by atoms with Gasteiger partial charge >= 0.3 is 5.69 Å². The van der Waals surface area contributed by atoms with E-state index in [2.05, 4.69) is 15.0 Å². The first-order valence-corrected chi connectivity index (χ1v) is 6.36. The summed E-state index contributed by atoms with van der Waals surface area (Å²) in [6, 6.07) is 0. The first-order chi connectivity index (χ1) is 10.0. The number of nitrogens with zero attached hydrogens (tertiary/aromatic N) is 4. The Morgan fingerprint density at radius 2 is 2.19 bits per heavy atom. The molecule has 1 aromatic rings. The normalized spacial score (nSPS) is 28.3. The van der Waals surface area contributed by atoms with Gasteiger partial charge in [0.2, 0.25) is 0 Å². The molecule has 1 fully saturated rings. The maximum absolute atomic E-state index is 12.2. The molecule has 0 amide bonds. The van der Waals surface area contributed by atoms with Gasteiger partial charge in [0.25, 0.3) is 5.56 Å². The molecule has 2 rings (SSSR count). The molecule has 114 valence electrons. The van der Waals surface area contributed by atoms with Crippen LogP contribution in [0.1, 0.15) is 18.7 Å². The fraction of sp³-hybridized carbons (Fsp3) is 0.636. The average Bonchev–Trinajstić information content (AvgIpc) is 2.74. The molecule has 0 saturated carbocycles. The summed E-state index contributed by atoms with van der Waals surface area (Å²) < 4.78 is 6.04. The Hall–Kier alpha value is -2.13. The number of nitrogens with one attached hydrogen (secondary N) is 1. The lowest BCUT2D eigenvalue weighted by atomic mass is 10.1. The van der Waals surface area contributed by atoms with Crippen LogP contribution in [0.4, 0.5) is 0 Å². The zero-order valence-corrected chi connectivity index (χ0v) is 11.2. The number of aryl methyl sites for hydroxylation is 1. The van der Waals surface area contributed by atoms with Gasteiger partial charge in [-0.15, -0.1) is 0 Å². The fourth-order valence-electron chi connectivity index (χ4n) is 2.22. The number of aliphatic hydroxyl groups excluding tert-OH is 2. The van der Waals surface area contributed by atoms with Crippen molar-refractivity contribution in [3.8, 4) is 0 Å². The van der Waals surface area contributed by atoms with Gasteiger partial charge in [0.1, 0.15) is 12.2 Å². The van der Waals surface area contributed by atoms with E-state index in [1.165, 1.54) is 6.20 Å². The van der Waals surface area contributed by atoms with E-state index >= 15 is 0 Å². The van der Waals surface area contributed by atoms with E-state index in [0.29, 0.717) is 12.0 Å². The van der Waals surface area contributed by atoms with E-state index in [1.54, 1.807) is 6.92 Å². The molecule has 10 heteroatoms. The molecule has 1 aliphatic heterocycles. The van der Waals surface area contributed by atoms with Crippen LogP contribution >= 0.6 is 0 Å². The van der Waals surface area contributed by atoms with E-state index in [-0.39, 0.29) is 6.54 Å². The largest absolute Gasteiger partial charge is 0.388 e. The van der Waals surface area contributed by atoms with Crippen LogP contribution in [0.15, 0.2) is 20.9 Å². The molecule has 0 unspecified atom stereocenters. The van der Waals surface area contributed by atoms with Crippen LogP contribution in [0.2, 0.25) is 0 Å². The first kappa shape index (κ1) is 15.3. The molecule has 3 N–H and O–H groups in total. The first-order valence-electron chi connectivity index (χ1n) is 6.36. The standard InChI is InChI=1S/C11H15N5O5/c1-2-5-3-13-11(20)16(9(5)19)10-8(18)7(17)6(21-10)4-14-15-12/h3,6-8,10,17-18H,2,4H2,1H3,(H,13,20)/t6-,7-,8+,10-/m1/s1. The van der Waals surface area contributed by atoms with Crippen LogP contribution in [0.3, 0.4) is 0 Å². The second kappa shape index (κ2) is 6.10. The molecule has 0 radical (unpaired) electrons. The van der Waals surface area contributed by atoms with E-state index in [0.717, 1.165) is 4.57 Å². The Labute approximate surface area is 118 Å². The third-order valence-corrected chi connectivity index (χ3v) is 3.38. The molecular weight excluding hydrogens is 282 g/mol. The quantitative estimate of drug-likeness (QED) is 0.370. The average molecular weight is 297 g/mol. The van der Waals surface area contributed by atoms with Crippen molar-refractivity contribution in [2.75, 3.05) is 6.54 Å². The highest BCUT2D eigenvalue weighted by molar-refractivity contribution is 5.05. The van der Waals surface area contributed by atoms with Gasteiger partial charge in [-0.1, -0.05) is 12.0 Å². The summed E-state index contributed by atoms with van der Waals surface area (Å²) in [5.74, 6) is 0. The lowest BCUT2D eigenvalue weighted by Crippen LogP contribution is -2.43. The fourth-order valence-corrected chi connectivity index (χ4v) is 2.22. The number of aromatic amines is 1. The predicted molar refractivity (Wildman–Crippen MR) is 70.6 cm³/mol. The molecule has 0 bridgehead atoms. The predicted octanol–water partition coefficient (Wildman–Crippen LogP) is -0.972. The van der Waals surface area contributed by atoms with Gasteiger partial charge in [-0.05, 0) is 12.0 Å². The topological polar surface area (TPSA) is 153 Å². The Morgan fingerprint density at radius 3 is 2.81 bits per heavy atom. The lowest BCUT2D eigenvalue weighted by Gasteiger charge is -2.17. The summed E-state index contributed by atoms with van der Waals surface area (Å²) in [4.78, 5) is 28.9. The number of rotatable bonds is 4. The highest BCUT2D eigenvalue weighted by atomic mass is 16.6. The molecule has 0 aromatic carbocycles. The smallest absolute Gasteiger partial charge is 0.330 e. The Bertz CT molecular complexity index is 676. The van der Waals surface area contributed by atoms with Crippen LogP contribution < -0.4 is 11.2 Å². The Kier molecular flexibility index (Phi) is 4.43. The third kappa shape index (κ3) is 2.69. The number of hydrogen-bond donors (Lipinski definition) is 3. The minimum absolute atomic E-state index is 0.217. The second-order valence-corrected chi connectivity index (χ2v) is 4.61. The van der Waals surface area contributed by atoms with Crippen molar-refractivity contribution in [3.05, 3.63) is 43.0 Å². The highest BCUT2D eigenvalue weighted by Gasteiger charge is 2.44. The Morgan fingerprint density at radius 1 is 1.48 bits per heavy atom. The summed E-state index contributed by atoms with van der Waals surface area (Å²) in [5, 5.41) is 23.1. The van der Waals surface area contributed by atoms with Crippen molar-refractivity contribution in [3.63, 3.8) is 0 Å². The number of hydrogen-bond acceptors (Lipinski definition) is 6. The lowest BCUT2D eigenvalue weighted by molar-refractivity contribution is -0.0392. The van der Waals surface area contributed by atoms with Crippen LogP contribution in [-0.4, -0.2) is 44.6 Å². The van der Waals surface area contributed by atoms with E-state index in [1.807, 2.05) is 0 Å². The van der Waals surface area contributed by atoms with Crippen LogP contribution in [0.5, 0.6) is 0 Å². The minimum atomic E-state index is -1.48. The molecule has 0 aliphatic carbocycles. The molecule has 4 atom stereocenters. The summed E-state index contributed by atoms with van der Waals surface area (Å²) in [7, 11) is 0. The SMILES string of the molecule is CCc1c[nH]c(=O)n([C@@H]2O[C@H](CN=[N+]=[N-])[C@@H](O)[C@@H]2O)c1=O. The van der Waals surface area contributed by atoms with Crippen LogP contribution in [0.25, 0.3) is 10.4 Å². The van der Waals surface area contributed by atoms with Crippen molar-refractivity contribution in [1.82, 2.24) is 9.55 Å². The Balaban J connectivity index is 2.41. The van der Waals surface area contributed by atoms with Gasteiger partial charge in [0.05, 0.1) is 12.6 Å². The number of ether oxygens (including phenoxy) is 1. The monoisotopic (exact) mass is 297 g/mol. The maximum Gasteiger partial charge on any atom is 0.330 e. The van der Waals surface area contributed by atoms with E-state index in [9.17, 15) is 19.8 Å². The van der Waals surface area contributed by atoms with Crippen molar-refractivity contribution >= 4 is 0 Å². The van der Waals surface area contributed by atoms with Crippen molar-refractivity contribution < 1.29 is 14.9 Å². The molecule has 1 saturated heterocycles. The molecular formula is C11H15N5O5. The maximum atomic E-state index is 12.2. The molecule has 1 aliphatic rings. The molecule has 21 heavy (non-hydrogen) atoms. The summed E-state index contributed by atoms with van der Waals surface area (Å²) >= 11 is 0. The van der Waals surface area contributed by atoms with Gasteiger partial charge in [-0.25, -0.2) is 9.36 Å². The van der Waals surface area contributed by atoms with Gasteiger partial charge in [-0.2, -0.15) is 0 Å². The molecule has 2 heterocycles. The van der Waals surface area contributed by atoms with Crippen molar-refractivity contribution in [2.45, 2.75) is 37.9 Å². The van der Waals surface area contributed by atoms with Crippen molar-refractivity contribution in [2.24, 2.45) is 5.11 Å². The molecule has 10 nitrogen and oxygen atoms in total. The van der Waals surface area contributed by atoms with Crippen LogP contribution in [-0.2, 0) is 11.2 Å². The van der Waals surface area contributed by atoms with Gasteiger partial charge in [0, 0.05) is 16.7 Å². The van der Waals surface area contributed by atoms with Gasteiger partial charge < -0.3 is 19.9 Å². The molecule has 0 spiro atoms. The second-order valence-electron chi connectivity index (χ2n) is 4.61. The zero-order valence-electron chi connectivity index (χ0n) is 11.2. The number of aliphatic hydroxyl groups is 2. The van der Waals surface area contributed by atoms with E-state index < -0.39 is 35.8 Å². The van der Waals surface area contributed by atoms with E-state index in [4.69, 9.17) is 10.3 Å². The molecule has 1 aromatic heterocycles. The minimum Gasteiger partial charge on any atom is -0.388 e. The summed E-state index contributed by atoms with van der Waals surface area (Å²) in [6.45, 7) is 1.52. The highest BCUT2D eigenvalue weighted by Crippen LogP contribution is 2.27. The number of azide groups is 1. The zero-order chi connectivity index (χ0) is 15.6. The van der Waals surface area contributed by atoms with Crippen molar-refractivity contribution in [1.29, 1.82) is 0 Å².